The zero-order valence-corrected chi connectivity index (χ0v) is 20.4. The molecule has 0 bridgehead atoms. The molecule has 0 radical (unpaired) electrons. The molecule has 0 unspecified atom stereocenters. The summed E-state index contributed by atoms with van der Waals surface area (Å²) < 4.78 is 107. The summed E-state index contributed by atoms with van der Waals surface area (Å²) in [5.41, 5.74) is -5.27. The molecule has 2 atom stereocenters. The van der Waals surface area contributed by atoms with Gasteiger partial charge in [-0.1, -0.05) is 18.2 Å². The molecule has 1 heterocycles. The molecule has 0 saturated heterocycles. The van der Waals surface area contributed by atoms with Crippen LogP contribution in [0, 0.1) is 23.0 Å². The van der Waals surface area contributed by atoms with Gasteiger partial charge in [-0.25, -0.2) is 8.78 Å². The van der Waals surface area contributed by atoms with Gasteiger partial charge < -0.3 is 9.47 Å². The van der Waals surface area contributed by atoms with Gasteiger partial charge in [-0.15, -0.1) is 13.2 Å². The molecule has 3 aromatic rings. The van der Waals surface area contributed by atoms with Crippen molar-refractivity contribution in [1.82, 2.24) is 4.98 Å². The van der Waals surface area contributed by atoms with Crippen molar-refractivity contribution in [3.63, 3.8) is 0 Å². The van der Waals surface area contributed by atoms with E-state index in [-0.39, 0.29) is 5.56 Å². The first-order valence-electron chi connectivity index (χ1n) is 10.5. The first-order chi connectivity index (χ1) is 17.2. The molecule has 0 spiro atoms. The van der Waals surface area contributed by atoms with Gasteiger partial charge in [0, 0.05) is 41.2 Å². The zero-order valence-electron chi connectivity index (χ0n) is 19.6. The first kappa shape index (κ1) is 28.3. The lowest BCUT2D eigenvalue weighted by Gasteiger charge is -2.35. The van der Waals surface area contributed by atoms with Crippen molar-refractivity contribution in [1.29, 1.82) is 5.26 Å². The lowest BCUT2D eigenvalue weighted by atomic mass is 9.85. The van der Waals surface area contributed by atoms with Crippen LogP contribution in [-0.4, -0.2) is 29.3 Å². The number of rotatable bonds is 8. The van der Waals surface area contributed by atoms with Gasteiger partial charge in [0.1, 0.15) is 29.1 Å². The molecular formula is C25H20F7N2O2S+. The van der Waals surface area contributed by atoms with E-state index in [1.54, 1.807) is 12.5 Å². The average molecular weight is 546 g/mol. The van der Waals surface area contributed by atoms with E-state index in [0.29, 0.717) is 11.6 Å². The summed E-state index contributed by atoms with van der Waals surface area (Å²) in [5, 5.41) is 9.96. The van der Waals surface area contributed by atoms with E-state index >= 15 is 8.78 Å². The number of ether oxygens (including phenoxy) is 2. The maximum atomic E-state index is 16.0. The number of hydrogen-bond acceptors (Lipinski definition) is 4. The third-order valence-electron chi connectivity index (χ3n) is 5.42. The van der Waals surface area contributed by atoms with Gasteiger partial charge in [0.15, 0.2) is 0 Å². The van der Waals surface area contributed by atoms with Crippen molar-refractivity contribution in [2.75, 3.05) is 12.5 Å². The Morgan fingerprint density at radius 2 is 1.54 bits per heavy atom. The van der Waals surface area contributed by atoms with Crippen molar-refractivity contribution in [3.05, 3.63) is 83.7 Å². The molecule has 0 aliphatic heterocycles. The Labute approximate surface area is 211 Å². The number of pyridine rings is 1. The van der Waals surface area contributed by atoms with E-state index in [0.717, 1.165) is 36.5 Å². The van der Waals surface area contributed by atoms with Crippen molar-refractivity contribution in [2.24, 2.45) is 0 Å². The fraction of sp³-hybridized carbons (Fsp3) is 0.280. The molecule has 2 aromatic carbocycles. The summed E-state index contributed by atoms with van der Waals surface area (Å²) in [4.78, 5) is 3.76. The molecule has 196 valence electrons. The number of aromatic nitrogens is 1. The van der Waals surface area contributed by atoms with Gasteiger partial charge in [0.25, 0.3) is 5.60 Å². The third-order valence-corrected chi connectivity index (χ3v) is 6.85. The number of halogens is 7. The number of benzene rings is 2. The minimum atomic E-state index is -4.87. The van der Waals surface area contributed by atoms with Crippen LogP contribution in [-0.2, 0) is 27.2 Å². The van der Waals surface area contributed by atoms with E-state index < -0.39 is 62.9 Å². The van der Waals surface area contributed by atoms with Gasteiger partial charge in [-0.05, 0) is 35.9 Å². The molecule has 1 aromatic heterocycles. The maximum Gasteiger partial charge on any atom is 0.573 e. The van der Waals surface area contributed by atoms with Crippen molar-refractivity contribution in [2.45, 2.75) is 30.2 Å². The highest BCUT2D eigenvalue weighted by Gasteiger charge is 2.62. The molecule has 0 fully saturated rings. The molecule has 0 N–H and O–H groups in total. The van der Waals surface area contributed by atoms with Gasteiger partial charge >= 0.3 is 12.3 Å². The number of nitrogens with zero attached hydrogens (tertiary/aromatic N) is 2. The monoisotopic (exact) mass is 545 g/mol. The SMILES string of the molecule is C[C@H](O[C@@](C#N)(c1ccc(F)cc1F)C(F)(F)c1ccc(-c2ccc(OC(F)(F)F)cc2)cn1)[S+](C)C. The van der Waals surface area contributed by atoms with Crippen LogP contribution in [0.1, 0.15) is 18.2 Å². The first-order valence-corrected chi connectivity index (χ1v) is 12.6. The number of alkyl halides is 5. The highest BCUT2D eigenvalue weighted by Crippen LogP contribution is 2.49. The summed E-state index contributed by atoms with van der Waals surface area (Å²) in [6.07, 6.45) is -0.475. The van der Waals surface area contributed by atoms with Gasteiger partial charge in [-0.3, -0.25) is 4.98 Å². The predicted molar refractivity (Wildman–Crippen MR) is 124 cm³/mol. The van der Waals surface area contributed by atoms with Gasteiger partial charge in [-0.2, -0.15) is 14.0 Å². The molecular weight excluding hydrogens is 525 g/mol. The summed E-state index contributed by atoms with van der Waals surface area (Å²) >= 11 is 0. The van der Waals surface area contributed by atoms with Crippen LogP contribution in [0.4, 0.5) is 30.7 Å². The maximum absolute atomic E-state index is 16.0. The highest BCUT2D eigenvalue weighted by molar-refractivity contribution is 7.95. The van der Waals surface area contributed by atoms with E-state index in [1.807, 2.05) is 0 Å². The van der Waals surface area contributed by atoms with E-state index in [4.69, 9.17) is 4.74 Å². The Kier molecular flexibility index (Phi) is 8.09. The van der Waals surface area contributed by atoms with Crippen LogP contribution >= 0.6 is 0 Å². The lowest BCUT2D eigenvalue weighted by Crippen LogP contribution is -2.48. The van der Waals surface area contributed by atoms with E-state index in [1.165, 1.54) is 31.2 Å². The van der Waals surface area contributed by atoms with Crippen molar-refractivity contribution < 1.29 is 40.2 Å². The Morgan fingerprint density at radius 1 is 0.919 bits per heavy atom. The Bertz CT molecular complexity index is 1280. The lowest BCUT2D eigenvalue weighted by molar-refractivity contribution is -0.274. The smallest absolute Gasteiger partial charge is 0.406 e. The van der Waals surface area contributed by atoms with Crippen molar-refractivity contribution >= 4 is 10.9 Å². The summed E-state index contributed by atoms with van der Waals surface area (Å²) in [7, 11) is -0.626. The predicted octanol–water partition coefficient (Wildman–Crippen LogP) is 6.68. The second kappa shape index (κ2) is 10.6. The number of hydrogen-bond donors (Lipinski definition) is 0. The summed E-state index contributed by atoms with van der Waals surface area (Å²) in [5.74, 6) is -7.09. The topological polar surface area (TPSA) is 55.1 Å². The van der Waals surface area contributed by atoms with Gasteiger partial charge in [0.05, 0.1) is 12.5 Å². The second-order valence-electron chi connectivity index (χ2n) is 8.06. The molecule has 3 rings (SSSR count). The van der Waals surface area contributed by atoms with Crippen LogP contribution in [0.15, 0.2) is 60.8 Å². The molecule has 0 saturated carbocycles. The fourth-order valence-corrected chi connectivity index (χ4v) is 3.70. The Hall–Kier alpha value is -3.30. The quantitative estimate of drug-likeness (QED) is 0.234. The second-order valence-corrected chi connectivity index (χ2v) is 10.5. The molecule has 0 aliphatic rings. The Morgan fingerprint density at radius 3 is 2.03 bits per heavy atom. The van der Waals surface area contributed by atoms with Crippen LogP contribution in [0.25, 0.3) is 11.1 Å². The highest BCUT2D eigenvalue weighted by atomic mass is 32.2. The number of nitriles is 1. The van der Waals surface area contributed by atoms with Crippen LogP contribution in [0.5, 0.6) is 5.75 Å². The fourth-order valence-electron chi connectivity index (χ4n) is 3.36. The molecule has 0 aliphatic carbocycles. The summed E-state index contributed by atoms with van der Waals surface area (Å²) in [6, 6.07) is 10.0. The van der Waals surface area contributed by atoms with Crippen LogP contribution < -0.4 is 4.74 Å². The van der Waals surface area contributed by atoms with Crippen LogP contribution in [0.3, 0.4) is 0 Å². The van der Waals surface area contributed by atoms with Gasteiger partial charge in [0.2, 0.25) is 5.44 Å². The minimum absolute atomic E-state index is 0.270. The molecule has 0 amide bonds. The average Bonchev–Trinajstić information content (AvgIpc) is 2.82. The van der Waals surface area contributed by atoms with Crippen molar-refractivity contribution in [3.8, 4) is 22.9 Å². The normalized spacial score (nSPS) is 14.6. The minimum Gasteiger partial charge on any atom is -0.406 e. The zero-order chi connectivity index (χ0) is 27.6. The Balaban J connectivity index is 2.04. The molecule has 4 nitrogen and oxygen atoms in total. The standard InChI is InChI=1S/C25H20F7N2O2S/c1-15(37(2)3)35-23(14-33,20-10-7-18(26)12-21(20)27)24(28,29)22-11-6-17(13-34-22)16-4-8-19(9-5-16)36-25(30,31)32/h4-13,15H,1-3H3/q+1/t15-,23+/m1/s1. The van der Waals surface area contributed by atoms with E-state index in [2.05, 4.69) is 9.72 Å². The molecule has 37 heavy (non-hydrogen) atoms. The summed E-state index contributed by atoms with van der Waals surface area (Å²) in [6.45, 7) is 1.45. The van der Waals surface area contributed by atoms with Crippen LogP contribution in [0.2, 0.25) is 0 Å². The van der Waals surface area contributed by atoms with E-state index in [9.17, 15) is 27.2 Å². The largest absolute Gasteiger partial charge is 0.573 e. The third kappa shape index (κ3) is 5.99. The molecule has 12 heteroatoms.